The van der Waals surface area contributed by atoms with Gasteiger partial charge in [-0.15, -0.1) is 0 Å². The maximum Gasteiger partial charge on any atom is 0.359 e. The van der Waals surface area contributed by atoms with E-state index in [1.807, 2.05) is 14.1 Å². The van der Waals surface area contributed by atoms with Gasteiger partial charge in [0.15, 0.2) is 6.54 Å². The Morgan fingerprint density at radius 3 is 1.28 bits per heavy atom. The summed E-state index contributed by atoms with van der Waals surface area (Å²) < 4.78 is 0.503. The number of carboxylic acids is 1. The predicted molar refractivity (Wildman–Crippen MR) is 171 cm³/mol. The Kier molecular flexibility index (Phi) is 20.5. The monoisotopic (exact) mass is 547 g/mol. The van der Waals surface area contributed by atoms with E-state index >= 15 is 0 Å². The zero-order valence-corrected chi connectivity index (χ0v) is 26.1. The molecular formula is C33H63N4O2+. The number of nitrogens with one attached hydrogen (secondary N) is 3. The van der Waals surface area contributed by atoms with E-state index in [1.165, 1.54) is 114 Å². The minimum Gasteiger partial charge on any atom is -0.477 e. The van der Waals surface area contributed by atoms with Gasteiger partial charge < -0.3 is 25.5 Å². The third-order valence-corrected chi connectivity index (χ3v) is 7.48. The number of nitrogens with zero attached hydrogens (tertiary/aromatic N) is 1. The molecule has 0 saturated heterocycles. The van der Waals surface area contributed by atoms with Crippen molar-refractivity contribution in [3.8, 4) is 0 Å². The first kappa shape index (κ1) is 35.1. The number of rotatable bonds is 27. The van der Waals surface area contributed by atoms with E-state index in [-0.39, 0.29) is 6.54 Å². The Hall–Kier alpha value is -1.95. The maximum absolute atomic E-state index is 11.1. The molecule has 0 heterocycles. The molecule has 1 aromatic carbocycles. The second-order valence-electron chi connectivity index (χ2n) is 12.1. The molecule has 0 bridgehead atoms. The van der Waals surface area contributed by atoms with Crippen molar-refractivity contribution in [2.45, 2.75) is 123 Å². The van der Waals surface area contributed by atoms with E-state index in [9.17, 15) is 4.79 Å². The molecule has 0 amide bonds. The van der Waals surface area contributed by atoms with Crippen LogP contribution in [0.25, 0.3) is 0 Å². The van der Waals surface area contributed by atoms with Gasteiger partial charge in [0, 0.05) is 43.1 Å². The highest BCUT2D eigenvalue weighted by molar-refractivity contribution is 5.68. The van der Waals surface area contributed by atoms with Crippen LogP contribution in [0.5, 0.6) is 0 Å². The fourth-order valence-corrected chi connectivity index (χ4v) is 5.10. The summed E-state index contributed by atoms with van der Waals surface area (Å²) in [6.45, 7) is 8.39. The van der Waals surface area contributed by atoms with Crippen LogP contribution in [0.3, 0.4) is 0 Å². The van der Waals surface area contributed by atoms with E-state index in [0.717, 1.165) is 38.3 Å². The van der Waals surface area contributed by atoms with Crippen molar-refractivity contribution in [2.75, 3.05) is 62.8 Å². The third-order valence-electron chi connectivity index (χ3n) is 7.48. The molecule has 0 aliphatic carbocycles. The van der Waals surface area contributed by atoms with E-state index in [1.54, 1.807) is 0 Å². The molecule has 0 saturated carbocycles. The molecule has 6 heteroatoms. The van der Waals surface area contributed by atoms with Gasteiger partial charge >= 0.3 is 5.97 Å². The Labute approximate surface area is 241 Å². The van der Waals surface area contributed by atoms with Crippen LogP contribution in [0.2, 0.25) is 0 Å². The topological polar surface area (TPSA) is 73.4 Å². The smallest absolute Gasteiger partial charge is 0.359 e. The molecule has 226 valence electrons. The zero-order chi connectivity index (χ0) is 28.6. The standard InChI is InChI=1S/C33H62N4O2/c1-5-7-9-11-13-15-17-19-22-34-30-26-31(35-23-20-18-16-14-12-10-8-6-2)28-32(27-30)36-24-21-25-37(3,4)29-33(38)39/h26-28,34-36H,5-25,29H2,1-4H3/p+1. The van der Waals surface area contributed by atoms with Gasteiger partial charge in [-0.25, -0.2) is 4.79 Å². The molecule has 4 N–H and O–H groups in total. The Bertz CT molecular complexity index is 698. The van der Waals surface area contributed by atoms with Crippen LogP contribution >= 0.6 is 0 Å². The van der Waals surface area contributed by atoms with Crippen LogP contribution in [0.15, 0.2) is 18.2 Å². The van der Waals surface area contributed by atoms with E-state index in [2.05, 4.69) is 48.0 Å². The third kappa shape index (κ3) is 20.6. The van der Waals surface area contributed by atoms with Crippen molar-refractivity contribution in [1.29, 1.82) is 0 Å². The van der Waals surface area contributed by atoms with Crippen molar-refractivity contribution < 1.29 is 14.4 Å². The fraction of sp³-hybridized carbons (Fsp3) is 0.788. The molecule has 0 aromatic heterocycles. The summed E-state index contributed by atoms with van der Waals surface area (Å²) in [6.07, 6.45) is 22.3. The van der Waals surface area contributed by atoms with Gasteiger partial charge in [0.2, 0.25) is 0 Å². The number of carboxylic acid groups (broad SMARTS) is 1. The number of hydrogen-bond donors (Lipinski definition) is 4. The molecule has 0 fully saturated rings. The molecule has 1 rings (SSSR count). The van der Waals surface area contributed by atoms with E-state index in [4.69, 9.17) is 5.11 Å². The number of carbonyl (C=O) groups is 1. The van der Waals surface area contributed by atoms with E-state index in [0.29, 0.717) is 4.48 Å². The molecule has 39 heavy (non-hydrogen) atoms. The zero-order valence-electron chi connectivity index (χ0n) is 26.1. The average Bonchev–Trinajstić information content (AvgIpc) is 2.88. The minimum absolute atomic E-state index is 0.158. The summed E-state index contributed by atoms with van der Waals surface area (Å²) in [6, 6.07) is 6.67. The molecule has 0 atom stereocenters. The molecule has 0 radical (unpaired) electrons. The first-order valence-electron chi connectivity index (χ1n) is 16.3. The maximum atomic E-state index is 11.1. The van der Waals surface area contributed by atoms with Gasteiger partial charge in [0.25, 0.3) is 0 Å². The number of anilines is 3. The summed E-state index contributed by atoms with van der Waals surface area (Å²) >= 11 is 0. The summed E-state index contributed by atoms with van der Waals surface area (Å²) in [4.78, 5) is 11.1. The lowest BCUT2D eigenvalue weighted by molar-refractivity contribution is -0.883. The summed E-state index contributed by atoms with van der Waals surface area (Å²) in [5.74, 6) is -0.740. The molecule has 0 aliphatic rings. The van der Waals surface area contributed by atoms with Gasteiger partial charge in [-0.2, -0.15) is 0 Å². The molecule has 1 aromatic rings. The Morgan fingerprint density at radius 2 is 0.923 bits per heavy atom. The molecular weight excluding hydrogens is 484 g/mol. The summed E-state index contributed by atoms with van der Waals surface area (Å²) in [5, 5.41) is 20.0. The van der Waals surface area contributed by atoms with Gasteiger partial charge in [0.05, 0.1) is 20.6 Å². The van der Waals surface area contributed by atoms with Crippen LogP contribution < -0.4 is 16.0 Å². The van der Waals surface area contributed by atoms with Gasteiger partial charge in [-0.05, 0) is 31.0 Å². The first-order valence-corrected chi connectivity index (χ1v) is 16.3. The van der Waals surface area contributed by atoms with Crippen molar-refractivity contribution >= 4 is 23.0 Å². The molecule has 0 spiro atoms. The summed E-state index contributed by atoms with van der Waals surface area (Å²) in [7, 11) is 3.97. The fourth-order valence-electron chi connectivity index (χ4n) is 5.10. The number of unbranched alkanes of at least 4 members (excludes halogenated alkanes) is 14. The average molecular weight is 548 g/mol. The highest BCUT2D eigenvalue weighted by Crippen LogP contribution is 2.23. The van der Waals surface area contributed by atoms with Crippen molar-refractivity contribution in [3.05, 3.63) is 18.2 Å². The SMILES string of the molecule is CCCCCCCCCCNc1cc(NCCCCCCCCCC)cc(NCCC[N+](C)(C)CC(=O)O)c1. The van der Waals surface area contributed by atoms with Crippen LogP contribution in [0, 0.1) is 0 Å². The number of aliphatic carboxylic acids is 1. The van der Waals surface area contributed by atoms with Crippen molar-refractivity contribution in [2.24, 2.45) is 0 Å². The van der Waals surface area contributed by atoms with Crippen LogP contribution in [0.4, 0.5) is 17.1 Å². The number of likely N-dealkylation sites (N-methyl/N-ethyl adjacent to an activating group) is 1. The Morgan fingerprint density at radius 1 is 0.590 bits per heavy atom. The number of benzene rings is 1. The number of hydrogen-bond acceptors (Lipinski definition) is 4. The van der Waals surface area contributed by atoms with E-state index < -0.39 is 5.97 Å². The second kappa shape index (κ2) is 22.8. The van der Waals surface area contributed by atoms with Crippen LogP contribution in [0.1, 0.15) is 123 Å². The molecule has 0 aliphatic heterocycles. The molecule has 0 unspecified atom stereocenters. The second-order valence-corrected chi connectivity index (χ2v) is 12.1. The highest BCUT2D eigenvalue weighted by atomic mass is 16.4. The largest absolute Gasteiger partial charge is 0.477 e. The van der Waals surface area contributed by atoms with Gasteiger partial charge in [-0.3, -0.25) is 0 Å². The van der Waals surface area contributed by atoms with Crippen LogP contribution in [-0.4, -0.2) is 62.4 Å². The molecule has 6 nitrogen and oxygen atoms in total. The lowest BCUT2D eigenvalue weighted by atomic mass is 10.1. The van der Waals surface area contributed by atoms with Crippen LogP contribution in [-0.2, 0) is 4.79 Å². The van der Waals surface area contributed by atoms with Gasteiger partial charge in [-0.1, -0.05) is 104 Å². The normalized spacial score (nSPS) is 11.5. The van der Waals surface area contributed by atoms with Crippen molar-refractivity contribution in [1.82, 2.24) is 0 Å². The minimum atomic E-state index is -0.740. The Balaban J connectivity index is 2.50. The number of quaternary nitrogens is 1. The van der Waals surface area contributed by atoms with Gasteiger partial charge in [0.1, 0.15) is 0 Å². The van der Waals surface area contributed by atoms with Crippen molar-refractivity contribution in [3.63, 3.8) is 0 Å². The summed E-state index contributed by atoms with van der Waals surface area (Å²) in [5.41, 5.74) is 3.46. The highest BCUT2D eigenvalue weighted by Gasteiger charge is 2.18. The lowest BCUT2D eigenvalue weighted by Crippen LogP contribution is -2.44. The predicted octanol–water partition coefficient (Wildman–Crippen LogP) is 8.75. The first-order chi connectivity index (χ1) is 18.9. The quantitative estimate of drug-likeness (QED) is 0.0654. The lowest BCUT2D eigenvalue weighted by Gasteiger charge is -2.27.